The molecule has 0 bridgehead atoms. The predicted molar refractivity (Wildman–Crippen MR) is 61.9 cm³/mol. The van der Waals surface area contributed by atoms with Crippen LogP contribution in [-0.2, 0) is 0 Å². The van der Waals surface area contributed by atoms with Crippen molar-refractivity contribution in [3.8, 4) is 0 Å². The summed E-state index contributed by atoms with van der Waals surface area (Å²) in [5.41, 5.74) is 7.88. The molecule has 0 unspecified atom stereocenters. The van der Waals surface area contributed by atoms with Crippen LogP contribution in [-0.4, -0.2) is 13.1 Å². The molecule has 0 radical (unpaired) electrons. The van der Waals surface area contributed by atoms with Crippen molar-refractivity contribution in [3.05, 3.63) is 23.2 Å². The van der Waals surface area contributed by atoms with Crippen molar-refractivity contribution in [2.24, 2.45) is 5.41 Å². The van der Waals surface area contributed by atoms with E-state index in [4.69, 9.17) is 17.3 Å². The zero-order valence-electron chi connectivity index (χ0n) is 8.55. The first-order chi connectivity index (χ1) is 6.48. The van der Waals surface area contributed by atoms with Gasteiger partial charge in [-0.1, -0.05) is 25.4 Å². The topological polar surface area (TPSA) is 29.3 Å². The summed E-state index contributed by atoms with van der Waals surface area (Å²) in [7, 11) is 0. The minimum Gasteiger partial charge on any atom is -0.399 e. The fraction of sp³-hybridized carbons (Fsp3) is 0.455. The van der Waals surface area contributed by atoms with Crippen LogP contribution in [0.1, 0.15) is 13.8 Å². The van der Waals surface area contributed by atoms with Crippen LogP contribution >= 0.6 is 11.6 Å². The van der Waals surface area contributed by atoms with Crippen molar-refractivity contribution >= 4 is 23.0 Å². The molecule has 76 valence electrons. The summed E-state index contributed by atoms with van der Waals surface area (Å²) < 4.78 is 0. The molecule has 0 atom stereocenters. The second-order valence-electron chi connectivity index (χ2n) is 4.73. The van der Waals surface area contributed by atoms with Gasteiger partial charge in [-0.25, -0.2) is 0 Å². The van der Waals surface area contributed by atoms with E-state index < -0.39 is 0 Å². The maximum Gasteiger partial charge on any atom is 0.0660 e. The Bertz CT molecular complexity index is 352. The van der Waals surface area contributed by atoms with Crippen molar-refractivity contribution in [3.63, 3.8) is 0 Å². The molecule has 14 heavy (non-hydrogen) atoms. The van der Waals surface area contributed by atoms with Gasteiger partial charge in [-0.05, 0) is 23.6 Å². The summed E-state index contributed by atoms with van der Waals surface area (Å²) in [6.07, 6.45) is 0. The highest BCUT2D eigenvalue weighted by molar-refractivity contribution is 6.33. The summed E-state index contributed by atoms with van der Waals surface area (Å²) in [4.78, 5) is 2.28. The molecular formula is C11H15ClN2. The van der Waals surface area contributed by atoms with E-state index in [9.17, 15) is 0 Å². The smallest absolute Gasteiger partial charge is 0.0660 e. The van der Waals surface area contributed by atoms with Gasteiger partial charge in [0.15, 0.2) is 0 Å². The minimum absolute atomic E-state index is 0.421. The second-order valence-corrected chi connectivity index (χ2v) is 5.14. The Morgan fingerprint density at radius 3 is 2.50 bits per heavy atom. The third kappa shape index (κ3) is 1.67. The largest absolute Gasteiger partial charge is 0.399 e. The van der Waals surface area contributed by atoms with E-state index in [1.807, 2.05) is 18.2 Å². The summed E-state index contributed by atoms with van der Waals surface area (Å²) in [5, 5.41) is 0.750. The maximum absolute atomic E-state index is 6.11. The van der Waals surface area contributed by atoms with Crippen molar-refractivity contribution in [1.29, 1.82) is 0 Å². The second kappa shape index (κ2) is 3.06. The standard InChI is InChI=1S/C11H15ClN2/c1-11(2)6-14(7-11)10-4-3-8(13)5-9(10)12/h3-5H,6-7,13H2,1-2H3. The highest BCUT2D eigenvalue weighted by Crippen LogP contribution is 2.37. The van der Waals surface area contributed by atoms with E-state index in [1.165, 1.54) is 0 Å². The Balaban J connectivity index is 2.19. The van der Waals surface area contributed by atoms with Crippen LogP contribution < -0.4 is 10.6 Å². The number of nitrogen functional groups attached to an aromatic ring is 1. The Labute approximate surface area is 89.7 Å². The molecule has 0 amide bonds. The molecule has 2 nitrogen and oxygen atoms in total. The lowest BCUT2D eigenvalue weighted by Gasteiger charge is -2.47. The molecule has 1 fully saturated rings. The first-order valence-electron chi connectivity index (χ1n) is 4.78. The summed E-state index contributed by atoms with van der Waals surface area (Å²) in [6, 6.07) is 5.70. The van der Waals surface area contributed by atoms with Crippen LogP contribution in [0.3, 0.4) is 0 Å². The van der Waals surface area contributed by atoms with Crippen molar-refractivity contribution in [2.75, 3.05) is 23.7 Å². The van der Waals surface area contributed by atoms with Gasteiger partial charge in [-0.15, -0.1) is 0 Å². The van der Waals surface area contributed by atoms with Gasteiger partial charge in [0.2, 0.25) is 0 Å². The molecule has 2 rings (SSSR count). The SMILES string of the molecule is CC1(C)CN(c2ccc(N)cc2Cl)C1. The first-order valence-corrected chi connectivity index (χ1v) is 5.16. The summed E-state index contributed by atoms with van der Waals surface area (Å²) >= 11 is 6.11. The van der Waals surface area contributed by atoms with E-state index in [2.05, 4.69) is 18.7 Å². The van der Waals surface area contributed by atoms with Crippen LogP contribution in [0.4, 0.5) is 11.4 Å². The molecule has 1 saturated heterocycles. The highest BCUT2D eigenvalue weighted by atomic mass is 35.5. The molecule has 0 aromatic heterocycles. The number of rotatable bonds is 1. The fourth-order valence-electron chi connectivity index (χ4n) is 1.94. The summed E-state index contributed by atoms with van der Waals surface area (Å²) in [5.74, 6) is 0. The first kappa shape index (κ1) is 9.66. The van der Waals surface area contributed by atoms with Gasteiger partial charge in [-0.2, -0.15) is 0 Å². The van der Waals surface area contributed by atoms with E-state index in [-0.39, 0.29) is 0 Å². The van der Waals surface area contributed by atoms with E-state index in [0.717, 1.165) is 29.5 Å². The molecule has 0 spiro atoms. The van der Waals surface area contributed by atoms with Crippen LogP contribution in [0.5, 0.6) is 0 Å². The third-order valence-electron chi connectivity index (χ3n) is 2.55. The highest BCUT2D eigenvalue weighted by Gasteiger charge is 2.34. The zero-order valence-corrected chi connectivity index (χ0v) is 9.30. The molecule has 2 N–H and O–H groups in total. The Morgan fingerprint density at radius 2 is 2.00 bits per heavy atom. The van der Waals surface area contributed by atoms with Crippen LogP contribution in [0, 0.1) is 5.41 Å². The van der Waals surface area contributed by atoms with Crippen LogP contribution in [0.2, 0.25) is 5.02 Å². The molecule has 0 saturated carbocycles. The molecular weight excluding hydrogens is 196 g/mol. The van der Waals surface area contributed by atoms with Crippen LogP contribution in [0.15, 0.2) is 18.2 Å². The van der Waals surface area contributed by atoms with Crippen molar-refractivity contribution in [1.82, 2.24) is 0 Å². The Kier molecular flexibility index (Phi) is 2.11. The number of nitrogens with two attached hydrogens (primary N) is 1. The maximum atomic E-state index is 6.11. The number of nitrogens with zero attached hydrogens (tertiary/aromatic N) is 1. The molecule has 1 aromatic carbocycles. The fourth-order valence-corrected chi connectivity index (χ4v) is 2.25. The normalized spacial score (nSPS) is 19.2. The van der Waals surface area contributed by atoms with E-state index >= 15 is 0 Å². The number of hydrogen-bond donors (Lipinski definition) is 1. The lowest BCUT2D eigenvalue weighted by atomic mass is 9.84. The average molecular weight is 211 g/mol. The molecule has 0 aliphatic carbocycles. The monoisotopic (exact) mass is 210 g/mol. The van der Waals surface area contributed by atoms with Gasteiger partial charge < -0.3 is 10.6 Å². The van der Waals surface area contributed by atoms with Gasteiger partial charge in [0.25, 0.3) is 0 Å². The number of anilines is 2. The Morgan fingerprint density at radius 1 is 1.36 bits per heavy atom. The Hall–Kier alpha value is -0.890. The van der Waals surface area contributed by atoms with E-state index in [0.29, 0.717) is 5.41 Å². The third-order valence-corrected chi connectivity index (χ3v) is 2.85. The lowest BCUT2D eigenvalue weighted by molar-refractivity contribution is 0.276. The number of halogens is 1. The van der Waals surface area contributed by atoms with Gasteiger partial charge in [0.1, 0.15) is 0 Å². The van der Waals surface area contributed by atoms with Gasteiger partial charge in [-0.3, -0.25) is 0 Å². The molecule has 3 heteroatoms. The molecule has 1 aromatic rings. The molecule has 1 aliphatic rings. The van der Waals surface area contributed by atoms with Gasteiger partial charge >= 0.3 is 0 Å². The van der Waals surface area contributed by atoms with Gasteiger partial charge in [0.05, 0.1) is 10.7 Å². The van der Waals surface area contributed by atoms with Crippen molar-refractivity contribution < 1.29 is 0 Å². The zero-order chi connectivity index (χ0) is 10.3. The summed E-state index contributed by atoms with van der Waals surface area (Å²) in [6.45, 7) is 6.65. The number of hydrogen-bond acceptors (Lipinski definition) is 2. The van der Waals surface area contributed by atoms with Gasteiger partial charge in [0, 0.05) is 18.8 Å². The minimum atomic E-state index is 0.421. The van der Waals surface area contributed by atoms with Crippen molar-refractivity contribution in [2.45, 2.75) is 13.8 Å². The predicted octanol–water partition coefficient (Wildman–Crippen LogP) is 2.77. The van der Waals surface area contributed by atoms with E-state index in [1.54, 1.807) is 0 Å². The average Bonchev–Trinajstić information content (AvgIpc) is 2.00. The van der Waals surface area contributed by atoms with Crippen LogP contribution in [0.25, 0.3) is 0 Å². The number of benzene rings is 1. The lowest BCUT2D eigenvalue weighted by Crippen LogP contribution is -2.53. The quantitative estimate of drug-likeness (QED) is 0.723. The molecule has 1 heterocycles. The molecule has 1 aliphatic heterocycles.